The molecule has 0 unspecified atom stereocenters. The molecule has 1 amide bonds. The van der Waals surface area contributed by atoms with E-state index in [0.717, 1.165) is 48.7 Å². The number of amidine groups is 1. The first-order valence-electron chi connectivity index (χ1n) is 8.61. The van der Waals surface area contributed by atoms with Gasteiger partial charge in [-0.25, -0.2) is 9.79 Å². The molecule has 1 fully saturated rings. The van der Waals surface area contributed by atoms with Crippen LogP contribution in [-0.2, 0) is 4.74 Å². The van der Waals surface area contributed by atoms with Crippen molar-refractivity contribution < 1.29 is 9.53 Å². The summed E-state index contributed by atoms with van der Waals surface area (Å²) in [5, 5.41) is 2.96. The van der Waals surface area contributed by atoms with Crippen molar-refractivity contribution in [2.75, 3.05) is 20.1 Å². The Hall–Kier alpha value is -2.31. The molecule has 0 spiro atoms. The van der Waals surface area contributed by atoms with Gasteiger partial charge < -0.3 is 19.9 Å². The second kappa shape index (κ2) is 7.72. The van der Waals surface area contributed by atoms with Gasteiger partial charge in [-0.05, 0) is 52.8 Å². The van der Waals surface area contributed by atoms with Crippen molar-refractivity contribution >= 4 is 24.5 Å². The van der Waals surface area contributed by atoms with Crippen LogP contribution in [0.2, 0.25) is 0 Å². The quantitative estimate of drug-likeness (QED) is 0.651. The molecular formula is C18H29N5O2. The lowest BCUT2D eigenvalue weighted by molar-refractivity contribution is 0.0488. The molecule has 2 N–H and O–H groups in total. The van der Waals surface area contributed by atoms with Gasteiger partial charge in [0.2, 0.25) is 0 Å². The number of carbonyl (C=O) groups excluding carboxylic acids is 1. The molecule has 2 rings (SSSR count). The molecule has 138 valence electrons. The van der Waals surface area contributed by atoms with Crippen molar-refractivity contribution in [2.24, 2.45) is 9.98 Å². The van der Waals surface area contributed by atoms with Gasteiger partial charge in [0.05, 0.1) is 5.56 Å². The number of aromatic nitrogens is 1. The molecular weight excluding hydrogens is 318 g/mol. The molecule has 0 aromatic carbocycles. The number of nitrogens with zero attached hydrogens (tertiary/aromatic N) is 3. The largest absolute Gasteiger partial charge is 0.444 e. The van der Waals surface area contributed by atoms with E-state index in [2.05, 4.69) is 31.9 Å². The zero-order valence-electron chi connectivity index (χ0n) is 15.8. The molecule has 0 radical (unpaired) electrons. The van der Waals surface area contributed by atoms with Gasteiger partial charge in [0.1, 0.15) is 17.3 Å². The summed E-state index contributed by atoms with van der Waals surface area (Å²) in [4.78, 5) is 25.8. The van der Waals surface area contributed by atoms with Crippen LogP contribution in [-0.4, -0.2) is 60.3 Å². The van der Waals surface area contributed by atoms with Crippen LogP contribution in [0.3, 0.4) is 0 Å². The predicted molar refractivity (Wildman–Crippen MR) is 101 cm³/mol. The summed E-state index contributed by atoms with van der Waals surface area (Å²) in [7, 11) is 1.79. The highest BCUT2D eigenvalue weighted by Gasteiger charge is 2.27. The minimum absolute atomic E-state index is 0.119. The number of amides is 1. The van der Waals surface area contributed by atoms with E-state index >= 15 is 0 Å². The number of H-pyrrole nitrogens is 1. The third-order valence-corrected chi connectivity index (χ3v) is 4.17. The van der Waals surface area contributed by atoms with Crippen LogP contribution in [0, 0.1) is 6.92 Å². The van der Waals surface area contributed by atoms with Crippen LogP contribution < -0.4 is 5.32 Å². The summed E-state index contributed by atoms with van der Waals surface area (Å²) < 4.78 is 5.33. The van der Waals surface area contributed by atoms with E-state index in [0.29, 0.717) is 0 Å². The third-order valence-electron chi connectivity index (χ3n) is 4.17. The van der Waals surface area contributed by atoms with E-state index < -0.39 is 5.60 Å². The zero-order chi connectivity index (χ0) is 18.6. The Bertz CT molecular complexity index is 649. The summed E-state index contributed by atoms with van der Waals surface area (Å²) in [6, 6.07) is 0.119. The van der Waals surface area contributed by atoms with Gasteiger partial charge >= 0.3 is 6.09 Å². The Morgan fingerprint density at radius 1 is 1.40 bits per heavy atom. The van der Waals surface area contributed by atoms with Crippen molar-refractivity contribution in [3.8, 4) is 0 Å². The minimum atomic E-state index is -0.479. The maximum absolute atomic E-state index is 11.9. The number of rotatable bonds is 3. The molecule has 1 aromatic rings. The number of carbonyl (C=O) groups is 1. The Morgan fingerprint density at radius 3 is 2.56 bits per heavy atom. The Balaban J connectivity index is 1.98. The van der Waals surface area contributed by atoms with Crippen LogP contribution in [0.15, 0.2) is 16.2 Å². The lowest BCUT2D eigenvalue weighted by Gasteiger charge is -2.35. The lowest BCUT2D eigenvalue weighted by atomic mass is 10.0. The van der Waals surface area contributed by atoms with Crippen molar-refractivity contribution in [3.63, 3.8) is 0 Å². The van der Waals surface area contributed by atoms with E-state index in [-0.39, 0.29) is 12.1 Å². The van der Waals surface area contributed by atoms with Crippen LogP contribution in [0.4, 0.5) is 10.6 Å². The Morgan fingerprint density at radius 2 is 2.04 bits per heavy atom. The lowest BCUT2D eigenvalue weighted by Crippen LogP contribution is -2.47. The van der Waals surface area contributed by atoms with Crippen molar-refractivity contribution in [2.45, 2.75) is 52.2 Å². The maximum Gasteiger partial charge on any atom is 0.407 e. The molecule has 0 bridgehead atoms. The highest BCUT2D eigenvalue weighted by molar-refractivity contribution is 6.04. The van der Waals surface area contributed by atoms with Crippen LogP contribution in [0.5, 0.6) is 0 Å². The Kier molecular flexibility index (Phi) is 5.87. The SMILES string of the molecule is C=Nc1[nH]cc(C)c1/C(=N\C)N1CCC(NC(=O)OC(C)(C)C)CC1. The van der Waals surface area contributed by atoms with Gasteiger partial charge in [0.15, 0.2) is 0 Å². The highest BCUT2D eigenvalue weighted by atomic mass is 16.6. The summed E-state index contributed by atoms with van der Waals surface area (Å²) in [6.07, 6.45) is 3.26. The molecule has 25 heavy (non-hydrogen) atoms. The first-order chi connectivity index (χ1) is 11.7. The Labute approximate surface area is 149 Å². The fourth-order valence-electron chi connectivity index (χ4n) is 3.04. The number of ether oxygens (including phenoxy) is 1. The zero-order valence-corrected chi connectivity index (χ0v) is 15.8. The van der Waals surface area contributed by atoms with Crippen LogP contribution in [0.1, 0.15) is 44.7 Å². The van der Waals surface area contributed by atoms with E-state index in [1.807, 2.05) is 33.9 Å². The molecule has 1 aromatic heterocycles. The fourth-order valence-corrected chi connectivity index (χ4v) is 3.04. The monoisotopic (exact) mass is 347 g/mol. The first kappa shape index (κ1) is 19.0. The van der Waals surface area contributed by atoms with Gasteiger partial charge in [-0.1, -0.05) is 0 Å². The third kappa shape index (κ3) is 4.84. The number of nitrogens with one attached hydrogen (secondary N) is 2. The highest BCUT2D eigenvalue weighted by Crippen LogP contribution is 2.25. The molecule has 1 aliphatic heterocycles. The number of likely N-dealkylation sites (tertiary alicyclic amines) is 1. The van der Waals surface area contributed by atoms with Crippen LogP contribution >= 0.6 is 0 Å². The number of aromatic amines is 1. The van der Waals surface area contributed by atoms with E-state index in [1.54, 1.807) is 7.05 Å². The maximum atomic E-state index is 11.9. The second-order valence-electron chi connectivity index (χ2n) is 7.31. The van der Waals surface area contributed by atoms with Crippen LogP contribution in [0.25, 0.3) is 0 Å². The predicted octanol–water partition coefficient (Wildman–Crippen LogP) is 3.02. The molecule has 7 nitrogen and oxygen atoms in total. The minimum Gasteiger partial charge on any atom is -0.444 e. The number of hydrogen-bond donors (Lipinski definition) is 2. The standard InChI is InChI=1S/C18H29N5O2/c1-12-11-21-15(19-5)14(12)16(20-6)23-9-7-13(8-10-23)22-17(24)25-18(2,3)4/h11,13,21H,5,7-10H2,1-4,6H3,(H,22,24)/b20-16+. The topological polar surface area (TPSA) is 82.1 Å². The average Bonchev–Trinajstić information content (AvgIpc) is 2.89. The number of aryl methyl sites for hydroxylation is 1. The van der Waals surface area contributed by atoms with Gasteiger partial charge in [0, 0.05) is 32.4 Å². The summed E-state index contributed by atoms with van der Waals surface area (Å²) in [5.74, 6) is 1.66. The van der Waals surface area contributed by atoms with E-state index in [9.17, 15) is 4.79 Å². The molecule has 7 heteroatoms. The average molecular weight is 347 g/mol. The van der Waals surface area contributed by atoms with Gasteiger partial charge in [-0.3, -0.25) is 4.99 Å². The van der Waals surface area contributed by atoms with Gasteiger partial charge in [-0.2, -0.15) is 0 Å². The second-order valence-corrected chi connectivity index (χ2v) is 7.31. The number of piperidine rings is 1. The summed E-state index contributed by atoms with van der Waals surface area (Å²) >= 11 is 0. The van der Waals surface area contributed by atoms with Crippen molar-refractivity contribution in [1.29, 1.82) is 0 Å². The molecule has 0 atom stereocenters. The van der Waals surface area contributed by atoms with E-state index in [4.69, 9.17) is 4.74 Å². The first-order valence-corrected chi connectivity index (χ1v) is 8.61. The van der Waals surface area contributed by atoms with Gasteiger partial charge in [0.25, 0.3) is 0 Å². The molecule has 1 saturated heterocycles. The summed E-state index contributed by atoms with van der Waals surface area (Å²) in [6.45, 7) is 12.9. The summed E-state index contributed by atoms with van der Waals surface area (Å²) in [5.41, 5.74) is 1.61. The number of alkyl carbamates (subject to hydrolysis) is 1. The molecule has 2 heterocycles. The normalized spacial score (nSPS) is 16.7. The molecule has 0 aliphatic carbocycles. The fraction of sp³-hybridized carbons (Fsp3) is 0.611. The molecule has 1 aliphatic rings. The van der Waals surface area contributed by atoms with E-state index in [1.165, 1.54) is 0 Å². The van der Waals surface area contributed by atoms with Crippen molar-refractivity contribution in [3.05, 3.63) is 17.3 Å². The number of aliphatic imine (C=N–C) groups is 2. The van der Waals surface area contributed by atoms with Crippen molar-refractivity contribution in [1.82, 2.24) is 15.2 Å². The van der Waals surface area contributed by atoms with Gasteiger partial charge in [-0.15, -0.1) is 0 Å². The smallest absolute Gasteiger partial charge is 0.407 e. The number of hydrogen-bond acceptors (Lipinski definition) is 4. The molecule has 0 saturated carbocycles.